The lowest BCUT2D eigenvalue weighted by Crippen LogP contribution is -2.07. The van der Waals surface area contributed by atoms with Crippen LogP contribution in [0.4, 0.5) is 0 Å². The van der Waals surface area contributed by atoms with Crippen LogP contribution in [0, 0.1) is 42.1 Å². The highest BCUT2D eigenvalue weighted by molar-refractivity contribution is 5.72. The maximum absolute atomic E-state index is 10.8. The van der Waals surface area contributed by atoms with Crippen LogP contribution >= 0.6 is 0 Å². The fourth-order valence-electron chi connectivity index (χ4n) is 0.287. The van der Waals surface area contributed by atoms with Gasteiger partial charge in [0.05, 0.1) is 5.92 Å². The highest BCUT2D eigenvalue weighted by atomic mass is 16.5. The first-order chi connectivity index (χ1) is 5.68. The molecule has 0 N–H and O–H groups in total. The fraction of sp³-hybridized carbons (Fsp3) is 0.300. The summed E-state index contributed by atoms with van der Waals surface area (Å²) in [5, 5.41) is 0. The lowest BCUT2D eigenvalue weighted by Gasteiger charge is -1.96. The lowest BCUT2D eigenvalue weighted by atomic mass is 10.2. The number of hydrogen-bond acceptors (Lipinski definition) is 2. The third-order valence-corrected chi connectivity index (χ3v) is 0.871. The minimum atomic E-state index is -0.370. The standard InChI is InChI=1S/C10H8O2/c1-4-5-6-7-8-12-10(11)9(2)3/h1,9H,2-3H3. The first-order valence-electron chi connectivity index (χ1n) is 3.34. The molecule has 0 spiro atoms. The largest absolute Gasteiger partial charge is 0.371 e. The van der Waals surface area contributed by atoms with E-state index in [-0.39, 0.29) is 11.9 Å². The highest BCUT2D eigenvalue weighted by Crippen LogP contribution is 1.93. The van der Waals surface area contributed by atoms with Crippen molar-refractivity contribution in [3.8, 4) is 36.2 Å². The molecule has 0 unspecified atom stereocenters. The molecule has 60 valence electrons. The van der Waals surface area contributed by atoms with Crippen LogP contribution in [0.2, 0.25) is 0 Å². The van der Waals surface area contributed by atoms with Crippen LogP contribution in [-0.4, -0.2) is 5.97 Å². The number of ether oxygens (including phenoxy) is 1. The molecule has 2 nitrogen and oxygen atoms in total. The van der Waals surface area contributed by atoms with E-state index in [1.165, 1.54) is 0 Å². The van der Waals surface area contributed by atoms with Crippen molar-refractivity contribution >= 4 is 5.97 Å². The van der Waals surface area contributed by atoms with Crippen LogP contribution in [0.25, 0.3) is 0 Å². The van der Waals surface area contributed by atoms with Crippen LogP contribution in [0.3, 0.4) is 0 Å². The average molecular weight is 160 g/mol. The minimum absolute atomic E-state index is 0.181. The molecular weight excluding hydrogens is 152 g/mol. The fourth-order valence-corrected chi connectivity index (χ4v) is 0.287. The van der Waals surface area contributed by atoms with Gasteiger partial charge in [0, 0.05) is 11.8 Å². The Balaban J connectivity index is 3.89. The van der Waals surface area contributed by atoms with Crippen LogP contribution in [0.5, 0.6) is 0 Å². The summed E-state index contributed by atoms with van der Waals surface area (Å²) in [5.74, 6) is 8.37. The number of terminal acetylenes is 1. The molecular formula is C10H8O2. The summed E-state index contributed by atoms with van der Waals surface area (Å²) >= 11 is 0. The molecule has 0 aliphatic carbocycles. The molecule has 0 radical (unpaired) electrons. The molecule has 0 aromatic heterocycles. The number of hydrogen-bond donors (Lipinski definition) is 0. The third kappa shape index (κ3) is 4.98. The van der Waals surface area contributed by atoms with E-state index in [1.807, 2.05) is 0 Å². The summed E-state index contributed by atoms with van der Waals surface area (Å²) in [6, 6.07) is 0. The number of carbonyl (C=O) groups is 1. The van der Waals surface area contributed by atoms with E-state index < -0.39 is 0 Å². The molecule has 0 aromatic carbocycles. The zero-order valence-electron chi connectivity index (χ0n) is 6.97. The van der Waals surface area contributed by atoms with Crippen molar-refractivity contribution in [3.05, 3.63) is 0 Å². The number of esters is 1. The summed E-state index contributed by atoms with van der Waals surface area (Å²) in [6.07, 6.45) is 6.95. The van der Waals surface area contributed by atoms with Gasteiger partial charge in [0.1, 0.15) is 6.11 Å². The van der Waals surface area contributed by atoms with E-state index in [0.717, 1.165) is 0 Å². The van der Waals surface area contributed by atoms with Gasteiger partial charge in [0.2, 0.25) is 0 Å². The van der Waals surface area contributed by atoms with Crippen molar-refractivity contribution in [2.45, 2.75) is 13.8 Å². The smallest absolute Gasteiger partial charge is 0.322 e. The van der Waals surface area contributed by atoms with Gasteiger partial charge in [0.15, 0.2) is 0 Å². The summed E-state index contributed by atoms with van der Waals surface area (Å²) in [5.41, 5.74) is 0. The highest BCUT2D eigenvalue weighted by Gasteiger charge is 2.05. The van der Waals surface area contributed by atoms with Crippen LogP contribution in [-0.2, 0) is 9.53 Å². The van der Waals surface area contributed by atoms with Crippen molar-refractivity contribution in [2.75, 3.05) is 0 Å². The molecule has 0 saturated carbocycles. The summed E-state index contributed by atoms with van der Waals surface area (Å²) in [7, 11) is 0. The van der Waals surface area contributed by atoms with E-state index in [4.69, 9.17) is 6.42 Å². The number of rotatable bonds is 1. The van der Waals surface area contributed by atoms with Crippen molar-refractivity contribution in [1.82, 2.24) is 0 Å². The Morgan fingerprint density at radius 3 is 2.50 bits per heavy atom. The zero-order valence-corrected chi connectivity index (χ0v) is 6.97. The van der Waals surface area contributed by atoms with Gasteiger partial charge < -0.3 is 4.74 Å². The quantitative estimate of drug-likeness (QED) is 0.418. The monoisotopic (exact) mass is 160 g/mol. The van der Waals surface area contributed by atoms with E-state index >= 15 is 0 Å². The van der Waals surface area contributed by atoms with Crippen LogP contribution in [0.15, 0.2) is 0 Å². The Labute approximate surface area is 72.3 Å². The van der Waals surface area contributed by atoms with Gasteiger partial charge >= 0.3 is 5.97 Å². The molecule has 2 heteroatoms. The first kappa shape index (κ1) is 10.2. The summed E-state index contributed by atoms with van der Waals surface area (Å²) < 4.78 is 4.48. The number of carbonyl (C=O) groups excluding carboxylic acids is 1. The second kappa shape index (κ2) is 5.90. The molecule has 0 fully saturated rings. The molecule has 0 aliphatic heterocycles. The van der Waals surface area contributed by atoms with Gasteiger partial charge in [-0.05, 0) is 11.8 Å². The Kier molecular flexibility index (Phi) is 4.99. The van der Waals surface area contributed by atoms with E-state index in [9.17, 15) is 4.79 Å². The second-order valence-electron chi connectivity index (χ2n) is 2.20. The molecule has 0 bridgehead atoms. The normalized spacial score (nSPS) is 6.83. The van der Waals surface area contributed by atoms with Crippen molar-refractivity contribution in [1.29, 1.82) is 0 Å². The van der Waals surface area contributed by atoms with Crippen LogP contribution < -0.4 is 0 Å². The van der Waals surface area contributed by atoms with Gasteiger partial charge in [-0.1, -0.05) is 13.8 Å². The summed E-state index contributed by atoms with van der Waals surface area (Å²) in [4.78, 5) is 10.8. The van der Waals surface area contributed by atoms with Gasteiger partial charge in [-0.15, -0.1) is 6.42 Å². The predicted molar refractivity (Wildman–Crippen MR) is 45.3 cm³/mol. The molecule has 0 saturated heterocycles. The molecule has 0 heterocycles. The average Bonchev–Trinajstić information content (AvgIpc) is 2.03. The van der Waals surface area contributed by atoms with Gasteiger partial charge in [0.25, 0.3) is 0 Å². The Morgan fingerprint density at radius 2 is 2.00 bits per heavy atom. The lowest BCUT2D eigenvalue weighted by molar-refractivity contribution is -0.140. The zero-order chi connectivity index (χ0) is 9.40. The maximum Gasteiger partial charge on any atom is 0.322 e. The SMILES string of the molecule is C#CC#CC#COC(=O)C(C)C. The third-order valence-electron chi connectivity index (χ3n) is 0.871. The molecule has 0 aliphatic rings. The van der Waals surface area contributed by atoms with Crippen molar-refractivity contribution in [3.63, 3.8) is 0 Å². The van der Waals surface area contributed by atoms with Gasteiger partial charge in [-0.2, -0.15) is 0 Å². The van der Waals surface area contributed by atoms with Crippen molar-refractivity contribution in [2.24, 2.45) is 5.92 Å². The van der Waals surface area contributed by atoms with Gasteiger partial charge in [-0.25, -0.2) is 0 Å². The second-order valence-corrected chi connectivity index (χ2v) is 2.20. The van der Waals surface area contributed by atoms with E-state index in [1.54, 1.807) is 13.8 Å². The van der Waals surface area contributed by atoms with Gasteiger partial charge in [-0.3, -0.25) is 4.79 Å². The first-order valence-corrected chi connectivity index (χ1v) is 3.34. The summed E-state index contributed by atoms with van der Waals surface area (Å²) in [6.45, 7) is 3.44. The minimum Gasteiger partial charge on any atom is -0.371 e. The molecule has 0 amide bonds. The van der Waals surface area contributed by atoms with Crippen molar-refractivity contribution < 1.29 is 9.53 Å². The topological polar surface area (TPSA) is 26.3 Å². The maximum atomic E-state index is 10.8. The Morgan fingerprint density at radius 1 is 1.33 bits per heavy atom. The Bertz CT molecular complexity index is 310. The molecule has 0 rings (SSSR count). The van der Waals surface area contributed by atoms with E-state index in [0.29, 0.717) is 0 Å². The predicted octanol–water partition coefficient (Wildman–Crippen LogP) is 0.783. The Hall–Kier alpha value is -1.85. The molecule has 0 aromatic rings. The van der Waals surface area contributed by atoms with E-state index in [2.05, 4.69) is 34.5 Å². The van der Waals surface area contributed by atoms with Crippen LogP contribution in [0.1, 0.15) is 13.8 Å². The molecule has 12 heavy (non-hydrogen) atoms. The molecule has 0 atom stereocenters.